The molecule has 158 valence electrons. The van der Waals surface area contributed by atoms with Crippen LogP contribution >= 0.6 is 11.8 Å². The molecular formula is C26H27N3OS. The number of aromatic nitrogens is 3. The summed E-state index contributed by atoms with van der Waals surface area (Å²) in [5.41, 5.74) is 4.60. The minimum Gasteiger partial charge on any atom is -0.495 e. The maximum atomic E-state index is 5.65. The Morgan fingerprint density at radius 1 is 0.871 bits per heavy atom. The third-order valence-electron chi connectivity index (χ3n) is 5.17. The van der Waals surface area contributed by atoms with E-state index in [2.05, 4.69) is 82.4 Å². The number of hydrogen-bond donors (Lipinski definition) is 0. The molecule has 0 N–H and O–H groups in total. The van der Waals surface area contributed by atoms with E-state index in [4.69, 9.17) is 4.74 Å². The second-order valence-corrected chi connectivity index (χ2v) is 8.54. The van der Waals surface area contributed by atoms with Crippen LogP contribution in [0.25, 0.3) is 17.1 Å². The van der Waals surface area contributed by atoms with Gasteiger partial charge in [-0.3, -0.25) is 4.57 Å². The minimum absolute atomic E-state index is 0.808. The number of rotatable bonds is 9. The zero-order valence-electron chi connectivity index (χ0n) is 18.0. The molecule has 3 aromatic carbocycles. The van der Waals surface area contributed by atoms with Crippen molar-refractivity contribution in [3.05, 3.63) is 90.0 Å². The van der Waals surface area contributed by atoms with E-state index in [1.54, 1.807) is 18.9 Å². The molecule has 0 fully saturated rings. The first-order chi connectivity index (χ1) is 15.3. The number of benzene rings is 3. The molecule has 0 unspecified atom stereocenters. The van der Waals surface area contributed by atoms with Crippen LogP contribution in [0.1, 0.15) is 24.0 Å². The van der Waals surface area contributed by atoms with E-state index in [9.17, 15) is 0 Å². The molecule has 0 amide bonds. The van der Waals surface area contributed by atoms with Gasteiger partial charge in [0.05, 0.1) is 12.8 Å². The van der Waals surface area contributed by atoms with Gasteiger partial charge in [0.1, 0.15) is 5.75 Å². The van der Waals surface area contributed by atoms with Crippen molar-refractivity contribution in [2.45, 2.75) is 31.3 Å². The van der Waals surface area contributed by atoms with Crippen LogP contribution in [0.4, 0.5) is 0 Å². The maximum absolute atomic E-state index is 5.65. The van der Waals surface area contributed by atoms with Crippen LogP contribution in [-0.2, 0) is 6.42 Å². The number of unbranched alkanes of at least 4 members (excludes halogenated alkanes) is 1. The molecule has 0 atom stereocenters. The van der Waals surface area contributed by atoms with Crippen molar-refractivity contribution in [3.63, 3.8) is 0 Å². The monoisotopic (exact) mass is 429 g/mol. The molecule has 4 rings (SSSR count). The predicted octanol–water partition coefficient (Wildman–Crippen LogP) is 6.37. The molecule has 0 spiro atoms. The number of hydrogen-bond acceptors (Lipinski definition) is 4. The summed E-state index contributed by atoms with van der Waals surface area (Å²) in [4.78, 5) is 0. The van der Waals surface area contributed by atoms with Crippen LogP contribution in [0.3, 0.4) is 0 Å². The van der Waals surface area contributed by atoms with Gasteiger partial charge in [0.15, 0.2) is 11.0 Å². The van der Waals surface area contributed by atoms with Crippen molar-refractivity contribution in [1.82, 2.24) is 14.8 Å². The second kappa shape index (κ2) is 10.3. The molecular weight excluding hydrogens is 402 g/mol. The van der Waals surface area contributed by atoms with Crippen molar-refractivity contribution in [3.8, 4) is 22.8 Å². The molecule has 0 bridgehead atoms. The molecule has 0 saturated carbocycles. The van der Waals surface area contributed by atoms with E-state index in [1.165, 1.54) is 11.1 Å². The molecule has 0 aliphatic rings. The van der Waals surface area contributed by atoms with Crippen LogP contribution in [0, 0.1) is 6.92 Å². The summed E-state index contributed by atoms with van der Waals surface area (Å²) >= 11 is 1.75. The third kappa shape index (κ3) is 5.17. The number of nitrogens with zero attached hydrogens (tertiary/aromatic N) is 3. The molecule has 4 aromatic rings. The fourth-order valence-electron chi connectivity index (χ4n) is 3.61. The normalized spacial score (nSPS) is 10.9. The van der Waals surface area contributed by atoms with Crippen LogP contribution in [-0.4, -0.2) is 27.6 Å². The first-order valence-electron chi connectivity index (χ1n) is 10.6. The standard InChI is InChI=1S/C26H27N3OS/c1-20-11-10-15-22(19-20)25-27-28-26(29(25)23-16-6-7-17-24(23)30-2)31-18-9-8-14-21-12-4-3-5-13-21/h3-7,10-13,15-17,19H,8-9,14,18H2,1-2H3. The SMILES string of the molecule is COc1ccccc1-n1c(SCCCCc2ccccc2)nnc1-c1cccc(C)c1. The van der Waals surface area contributed by atoms with Crippen LogP contribution in [0.15, 0.2) is 84.0 Å². The first kappa shape index (κ1) is 21.2. The zero-order valence-corrected chi connectivity index (χ0v) is 18.8. The van der Waals surface area contributed by atoms with Gasteiger partial charge in [0.2, 0.25) is 0 Å². The summed E-state index contributed by atoms with van der Waals surface area (Å²) in [6, 6.07) is 27.1. The third-order valence-corrected chi connectivity index (χ3v) is 6.18. The summed E-state index contributed by atoms with van der Waals surface area (Å²) in [7, 11) is 1.70. The highest BCUT2D eigenvalue weighted by molar-refractivity contribution is 7.99. The van der Waals surface area contributed by atoms with Gasteiger partial charge in [0, 0.05) is 11.3 Å². The number of thioether (sulfide) groups is 1. The van der Waals surface area contributed by atoms with Crippen LogP contribution < -0.4 is 4.74 Å². The highest BCUT2D eigenvalue weighted by Crippen LogP contribution is 2.33. The van der Waals surface area contributed by atoms with E-state index in [1.807, 2.05) is 18.2 Å². The lowest BCUT2D eigenvalue weighted by molar-refractivity contribution is 0.412. The minimum atomic E-state index is 0.808. The molecule has 0 aliphatic heterocycles. The van der Waals surface area contributed by atoms with Gasteiger partial charge < -0.3 is 4.74 Å². The Morgan fingerprint density at radius 3 is 2.48 bits per heavy atom. The quantitative estimate of drug-likeness (QED) is 0.229. The van der Waals surface area contributed by atoms with E-state index >= 15 is 0 Å². The van der Waals surface area contributed by atoms with Crippen molar-refractivity contribution >= 4 is 11.8 Å². The van der Waals surface area contributed by atoms with E-state index < -0.39 is 0 Å². The van der Waals surface area contributed by atoms with Crippen LogP contribution in [0.2, 0.25) is 0 Å². The van der Waals surface area contributed by atoms with Gasteiger partial charge in [-0.2, -0.15) is 0 Å². The molecule has 0 aliphatic carbocycles. The smallest absolute Gasteiger partial charge is 0.196 e. The van der Waals surface area contributed by atoms with Gasteiger partial charge in [0.25, 0.3) is 0 Å². The summed E-state index contributed by atoms with van der Waals surface area (Å²) in [5.74, 6) is 2.63. The van der Waals surface area contributed by atoms with E-state index in [-0.39, 0.29) is 0 Å². The van der Waals surface area contributed by atoms with Crippen LogP contribution in [0.5, 0.6) is 5.75 Å². The molecule has 4 nitrogen and oxygen atoms in total. The number of ether oxygens (including phenoxy) is 1. The predicted molar refractivity (Wildman–Crippen MR) is 128 cm³/mol. The topological polar surface area (TPSA) is 39.9 Å². The number of para-hydroxylation sites is 2. The highest BCUT2D eigenvalue weighted by atomic mass is 32.2. The molecule has 5 heteroatoms. The van der Waals surface area contributed by atoms with Gasteiger partial charge in [-0.15, -0.1) is 10.2 Å². The van der Waals surface area contributed by atoms with Crippen molar-refractivity contribution in [2.24, 2.45) is 0 Å². The average molecular weight is 430 g/mol. The molecule has 1 heterocycles. The summed E-state index contributed by atoms with van der Waals surface area (Å²) < 4.78 is 7.77. The Hall–Kier alpha value is -3.05. The van der Waals surface area contributed by atoms with Crippen molar-refractivity contribution in [1.29, 1.82) is 0 Å². The zero-order chi connectivity index (χ0) is 21.5. The molecule has 0 radical (unpaired) electrons. The fourth-order valence-corrected chi connectivity index (χ4v) is 4.55. The molecule has 0 saturated heterocycles. The summed E-state index contributed by atoms with van der Waals surface area (Å²) in [6.45, 7) is 2.09. The molecule has 31 heavy (non-hydrogen) atoms. The Balaban J connectivity index is 1.56. The fraction of sp³-hybridized carbons (Fsp3) is 0.231. The van der Waals surface area contributed by atoms with Crippen molar-refractivity contribution < 1.29 is 4.74 Å². The van der Waals surface area contributed by atoms with Gasteiger partial charge in [-0.05, 0) is 49.9 Å². The maximum Gasteiger partial charge on any atom is 0.196 e. The van der Waals surface area contributed by atoms with Gasteiger partial charge >= 0.3 is 0 Å². The lowest BCUT2D eigenvalue weighted by Gasteiger charge is -2.14. The lowest BCUT2D eigenvalue weighted by atomic mass is 10.1. The summed E-state index contributed by atoms with van der Waals surface area (Å²) in [6.07, 6.45) is 3.39. The largest absolute Gasteiger partial charge is 0.495 e. The van der Waals surface area contributed by atoms with E-state index in [0.29, 0.717) is 0 Å². The first-order valence-corrected chi connectivity index (χ1v) is 11.6. The van der Waals surface area contributed by atoms with Gasteiger partial charge in [-0.25, -0.2) is 0 Å². The second-order valence-electron chi connectivity index (χ2n) is 7.47. The van der Waals surface area contributed by atoms with Crippen molar-refractivity contribution in [2.75, 3.05) is 12.9 Å². The number of methoxy groups -OCH3 is 1. The van der Waals surface area contributed by atoms with E-state index in [0.717, 1.165) is 53.0 Å². The Bertz CT molecular complexity index is 1120. The number of aryl methyl sites for hydroxylation is 2. The Kier molecular flexibility index (Phi) is 7.05. The Labute approximate surface area is 188 Å². The Morgan fingerprint density at radius 2 is 1.68 bits per heavy atom. The highest BCUT2D eigenvalue weighted by Gasteiger charge is 2.18. The van der Waals surface area contributed by atoms with Gasteiger partial charge in [-0.1, -0.05) is 78.0 Å². The average Bonchev–Trinajstić information content (AvgIpc) is 3.23. The lowest BCUT2D eigenvalue weighted by Crippen LogP contribution is -2.02. The summed E-state index contributed by atoms with van der Waals surface area (Å²) in [5, 5.41) is 10.0. The molecule has 1 aromatic heterocycles.